The molecule has 2 nitrogen and oxygen atoms in total. The summed E-state index contributed by atoms with van der Waals surface area (Å²) in [6.07, 6.45) is -0.334. The van der Waals surface area contributed by atoms with Crippen molar-refractivity contribution < 1.29 is 13.5 Å². The second-order valence-electron chi connectivity index (χ2n) is 5.09. The van der Waals surface area contributed by atoms with Crippen molar-refractivity contribution in [3.63, 3.8) is 0 Å². The van der Waals surface area contributed by atoms with Crippen LogP contribution in [0.4, 0.5) is 8.78 Å². The lowest BCUT2D eigenvalue weighted by Gasteiger charge is -2.35. The molecule has 0 saturated carbocycles. The zero-order chi connectivity index (χ0) is 14.8. The molecule has 1 aliphatic rings. The molecule has 0 aliphatic carbocycles. The molecule has 0 aromatic heterocycles. The smallest absolute Gasteiger partial charge is 0.159 e. The first kappa shape index (κ1) is 17.0. The number of halogens is 4. The highest BCUT2D eigenvalue weighted by molar-refractivity contribution is 6.30. The quantitative estimate of drug-likeness (QED) is 0.887. The average Bonchev–Trinajstić information content (AvgIpc) is 2.39. The lowest BCUT2D eigenvalue weighted by atomic mass is 9.90. The van der Waals surface area contributed by atoms with E-state index in [9.17, 15) is 8.78 Å². The number of ether oxygens (including phenoxy) is 1. The van der Waals surface area contributed by atoms with Gasteiger partial charge in [-0.05, 0) is 35.9 Å². The van der Waals surface area contributed by atoms with Gasteiger partial charge in [0, 0.05) is 24.0 Å². The van der Waals surface area contributed by atoms with Crippen molar-refractivity contribution in [2.75, 3.05) is 13.1 Å². The third kappa shape index (κ3) is 3.69. The predicted octanol–water partition coefficient (Wildman–Crippen LogP) is 4.38. The minimum Gasteiger partial charge on any atom is -0.485 e. The summed E-state index contributed by atoms with van der Waals surface area (Å²) >= 11 is 5.95. The summed E-state index contributed by atoms with van der Waals surface area (Å²) in [6, 6.07) is 10.9. The molecule has 2 aromatic carbocycles. The lowest BCUT2D eigenvalue weighted by Crippen LogP contribution is -2.46. The Labute approximate surface area is 138 Å². The Morgan fingerprint density at radius 1 is 1.09 bits per heavy atom. The molecule has 0 radical (unpaired) electrons. The van der Waals surface area contributed by atoms with Gasteiger partial charge in [-0.25, -0.2) is 8.78 Å². The summed E-state index contributed by atoms with van der Waals surface area (Å²) in [7, 11) is 0. The van der Waals surface area contributed by atoms with Crippen molar-refractivity contribution in [2.45, 2.75) is 6.10 Å². The molecule has 22 heavy (non-hydrogen) atoms. The van der Waals surface area contributed by atoms with E-state index in [1.165, 1.54) is 6.07 Å². The topological polar surface area (TPSA) is 21.3 Å². The van der Waals surface area contributed by atoms with Crippen LogP contribution in [0.2, 0.25) is 5.02 Å². The zero-order valence-electron chi connectivity index (χ0n) is 11.6. The first-order valence-corrected chi connectivity index (χ1v) is 7.09. The van der Waals surface area contributed by atoms with Gasteiger partial charge in [0.2, 0.25) is 0 Å². The molecule has 1 aliphatic heterocycles. The van der Waals surface area contributed by atoms with E-state index in [2.05, 4.69) is 5.32 Å². The van der Waals surface area contributed by atoms with Crippen molar-refractivity contribution >= 4 is 24.0 Å². The standard InChI is InChI=1S/C16H14ClF2NO.ClH/c17-12-2-1-3-13(7-12)21-16(11-8-20-9-11)10-4-5-14(18)15(19)6-10;/h1-7,11,16,20H,8-9H2;1H. The Hall–Kier alpha value is -1.36. The molecule has 0 spiro atoms. The molecule has 1 fully saturated rings. The van der Waals surface area contributed by atoms with E-state index in [-0.39, 0.29) is 24.4 Å². The highest BCUT2D eigenvalue weighted by Gasteiger charge is 2.30. The molecular formula is C16H15Cl2F2NO. The molecule has 2 aromatic rings. The summed E-state index contributed by atoms with van der Waals surface area (Å²) in [5.74, 6) is -0.885. The SMILES string of the molecule is Cl.Fc1ccc(C(Oc2cccc(Cl)c2)C2CNC2)cc1F. The van der Waals surface area contributed by atoms with Gasteiger partial charge >= 0.3 is 0 Å². The molecule has 1 saturated heterocycles. The number of benzene rings is 2. The maximum absolute atomic E-state index is 13.5. The highest BCUT2D eigenvalue weighted by atomic mass is 35.5. The van der Waals surface area contributed by atoms with Crippen LogP contribution in [0.15, 0.2) is 42.5 Å². The fourth-order valence-electron chi connectivity index (χ4n) is 2.34. The van der Waals surface area contributed by atoms with Crippen LogP contribution in [0.25, 0.3) is 0 Å². The molecule has 118 valence electrons. The van der Waals surface area contributed by atoms with Crippen LogP contribution >= 0.6 is 24.0 Å². The molecule has 1 unspecified atom stereocenters. The van der Waals surface area contributed by atoms with E-state index in [1.807, 2.05) is 0 Å². The van der Waals surface area contributed by atoms with Crippen LogP contribution in [-0.2, 0) is 0 Å². The van der Waals surface area contributed by atoms with Gasteiger partial charge in [0.05, 0.1) is 0 Å². The fraction of sp³-hybridized carbons (Fsp3) is 0.250. The van der Waals surface area contributed by atoms with Gasteiger partial charge in [-0.1, -0.05) is 23.7 Å². The van der Waals surface area contributed by atoms with E-state index >= 15 is 0 Å². The van der Waals surface area contributed by atoms with E-state index in [4.69, 9.17) is 16.3 Å². The summed E-state index contributed by atoms with van der Waals surface area (Å²) in [4.78, 5) is 0. The largest absolute Gasteiger partial charge is 0.485 e. The first-order valence-electron chi connectivity index (χ1n) is 6.71. The summed E-state index contributed by atoms with van der Waals surface area (Å²) in [6.45, 7) is 1.56. The van der Waals surface area contributed by atoms with Crippen molar-refractivity contribution in [3.8, 4) is 5.75 Å². The van der Waals surface area contributed by atoms with Gasteiger partial charge in [0.15, 0.2) is 11.6 Å². The first-order chi connectivity index (χ1) is 10.1. The molecule has 0 amide bonds. The van der Waals surface area contributed by atoms with Crippen LogP contribution < -0.4 is 10.1 Å². The van der Waals surface area contributed by atoms with Crippen LogP contribution in [0.5, 0.6) is 5.75 Å². The molecule has 1 heterocycles. The second-order valence-corrected chi connectivity index (χ2v) is 5.52. The van der Waals surface area contributed by atoms with E-state index in [0.717, 1.165) is 19.2 Å². The molecule has 3 rings (SSSR count). The monoisotopic (exact) mass is 345 g/mol. The Morgan fingerprint density at radius 3 is 2.45 bits per heavy atom. The summed E-state index contributed by atoms with van der Waals surface area (Å²) in [5, 5.41) is 3.73. The van der Waals surface area contributed by atoms with Gasteiger partial charge in [0.25, 0.3) is 0 Å². The summed E-state index contributed by atoms with van der Waals surface area (Å²) in [5.41, 5.74) is 0.625. The maximum atomic E-state index is 13.5. The average molecular weight is 346 g/mol. The fourth-order valence-corrected chi connectivity index (χ4v) is 2.52. The molecule has 1 atom stereocenters. The van der Waals surface area contributed by atoms with Gasteiger partial charge in [-0.15, -0.1) is 12.4 Å². The van der Waals surface area contributed by atoms with Gasteiger partial charge < -0.3 is 10.1 Å². The van der Waals surface area contributed by atoms with Crippen molar-refractivity contribution in [2.24, 2.45) is 5.92 Å². The third-order valence-corrected chi connectivity index (χ3v) is 3.81. The van der Waals surface area contributed by atoms with E-state index < -0.39 is 11.6 Å². The van der Waals surface area contributed by atoms with Crippen LogP contribution in [0.1, 0.15) is 11.7 Å². The molecular weight excluding hydrogens is 331 g/mol. The number of rotatable bonds is 4. The highest BCUT2D eigenvalue weighted by Crippen LogP contribution is 2.32. The Kier molecular flexibility index (Phi) is 5.62. The second kappa shape index (κ2) is 7.27. The molecule has 1 N–H and O–H groups in total. The maximum Gasteiger partial charge on any atom is 0.159 e. The number of hydrogen-bond donors (Lipinski definition) is 1. The third-order valence-electron chi connectivity index (χ3n) is 3.57. The Morgan fingerprint density at radius 2 is 1.86 bits per heavy atom. The lowest BCUT2D eigenvalue weighted by molar-refractivity contribution is 0.0989. The van der Waals surface area contributed by atoms with Crippen LogP contribution in [0.3, 0.4) is 0 Å². The van der Waals surface area contributed by atoms with Crippen molar-refractivity contribution in [1.29, 1.82) is 0 Å². The number of nitrogens with one attached hydrogen (secondary N) is 1. The van der Waals surface area contributed by atoms with Crippen LogP contribution in [-0.4, -0.2) is 13.1 Å². The zero-order valence-corrected chi connectivity index (χ0v) is 13.1. The van der Waals surface area contributed by atoms with E-state index in [0.29, 0.717) is 16.3 Å². The minimum absolute atomic E-state index is 0. The van der Waals surface area contributed by atoms with Crippen molar-refractivity contribution in [3.05, 3.63) is 64.7 Å². The van der Waals surface area contributed by atoms with Crippen LogP contribution in [0, 0.1) is 17.6 Å². The van der Waals surface area contributed by atoms with Crippen molar-refractivity contribution in [1.82, 2.24) is 5.32 Å². The normalized spacial score (nSPS) is 15.6. The van der Waals surface area contributed by atoms with Gasteiger partial charge in [-0.3, -0.25) is 0 Å². The molecule has 0 bridgehead atoms. The molecule has 6 heteroatoms. The van der Waals surface area contributed by atoms with Gasteiger partial charge in [0.1, 0.15) is 11.9 Å². The van der Waals surface area contributed by atoms with Gasteiger partial charge in [-0.2, -0.15) is 0 Å². The summed E-state index contributed by atoms with van der Waals surface area (Å²) < 4.78 is 32.5. The Balaban J connectivity index is 0.00000176. The number of hydrogen-bond acceptors (Lipinski definition) is 2. The predicted molar refractivity (Wildman–Crippen MR) is 84.8 cm³/mol. The minimum atomic E-state index is -0.862. The Bertz CT molecular complexity index is 650. The van der Waals surface area contributed by atoms with E-state index in [1.54, 1.807) is 30.3 Å².